The van der Waals surface area contributed by atoms with E-state index >= 15 is 8.78 Å². The fraction of sp³-hybridized carbons (Fsp3) is 0.438. The normalized spacial score (nSPS) is 17.3. The smallest absolute Gasteiger partial charge is 0.204 e. The zero-order valence-corrected chi connectivity index (χ0v) is 22.6. The molecule has 0 spiro atoms. The summed E-state index contributed by atoms with van der Waals surface area (Å²) in [6.07, 6.45) is 6.05. The number of ether oxygens (including phenoxy) is 3. The van der Waals surface area contributed by atoms with Crippen molar-refractivity contribution in [2.45, 2.75) is 77.4 Å². The highest BCUT2D eigenvalue weighted by Crippen LogP contribution is 2.38. The molecule has 0 unspecified atom stereocenters. The summed E-state index contributed by atoms with van der Waals surface area (Å²) in [5.41, 5.74) is 1.78. The molecule has 3 aromatic rings. The van der Waals surface area contributed by atoms with Gasteiger partial charge in [-0.15, -0.1) is 0 Å². The molecule has 0 heterocycles. The van der Waals surface area contributed by atoms with Crippen molar-refractivity contribution in [3.8, 4) is 22.6 Å². The lowest BCUT2D eigenvalue weighted by Crippen LogP contribution is -2.21. The molecular formula is C32H36F4O3. The molecule has 0 atom stereocenters. The summed E-state index contributed by atoms with van der Waals surface area (Å²) in [4.78, 5) is 0. The third-order valence-electron chi connectivity index (χ3n) is 7.21. The quantitative estimate of drug-likeness (QED) is 0.168. The SMILES string of the molecule is CCCCOc1ccc(OCc2ccc(-c3ccc(C4CCC(OCCC)CC4)c(F)c3F)cc2)c(F)c1F. The molecule has 39 heavy (non-hydrogen) atoms. The third-order valence-corrected chi connectivity index (χ3v) is 7.21. The van der Waals surface area contributed by atoms with Gasteiger partial charge >= 0.3 is 0 Å². The zero-order valence-electron chi connectivity index (χ0n) is 22.6. The Hall–Kier alpha value is -3.06. The molecule has 1 aliphatic carbocycles. The highest BCUT2D eigenvalue weighted by Gasteiger charge is 2.27. The van der Waals surface area contributed by atoms with Crippen LogP contribution in [0.2, 0.25) is 0 Å². The molecule has 1 saturated carbocycles. The molecule has 0 saturated heterocycles. The van der Waals surface area contributed by atoms with Gasteiger partial charge in [-0.1, -0.05) is 56.7 Å². The van der Waals surface area contributed by atoms with Crippen molar-refractivity contribution in [3.63, 3.8) is 0 Å². The largest absolute Gasteiger partial charge is 0.490 e. The van der Waals surface area contributed by atoms with Crippen LogP contribution in [0.25, 0.3) is 11.1 Å². The van der Waals surface area contributed by atoms with E-state index in [-0.39, 0.29) is 35.7 Å². The van der Waals surface area contributed by atoms with E-state index in [1.54, 1.807) is 36.4 Å². The lowest BCUT2D eigenvalue weighted by molar-refractivity contribution is 0.0249. The Morgan fingerprint density at radius 2 is 1.33 bits per heavy atom. The summed E-state index contributed by atoms with van der Waals surface area (Å²) in [7, 11) is 0. The molecule has 0 bridgehead atoms. The molecule has 7 heteroatoms. The van der Waals surface area contributed by atoms with E-state index in [1.807, 2.05) is 6.92 Å². The summed E-state index contributed by atoms with van der Waals surface area (Å²) in [5, 5.41) is 0. The number of hydrogen-bond acceptors (Lipinski definition) is 3. The minimum absolute atomic E-state index is 0.0169. The van der Waals surface area contributed by atoms with Gasteiger partial charge in [-0.25, -0.2) is 8.78 Å². The van der Waals surface area contributed by atoms with Crippen LogP contribution in [0.5, 0.6) is 11.5 Å². The second kappa shape index (κ2) is 13.8. The Morgan fingerprint density at radius 1 is 0.667 bits per heavy atom. The maximum Gasteiger partial charge on any atom is 0.204 e. The van der Waals surface area contributed by atoms with Crippen molar-refractivity contribution in [1.82, 2.24) is 0 Å². The van der Waals surface area contributed by atoms with Gasteiger partial charge in [-0.2, -0.15) is 8.78 Å². The first-order valence-electron chi connectivity index (χ1n) is 13.8. The van der Waals surface area contributed by atoms with E-state index in [2.05, 4.69) is 6.92 Å². The van der Waals surface area contributed by atoms with Crippen LogP contribution in [0.15, 0.2) is 48.5 Å². The third kappa shape index (κ3) is 7.13. The van der Waals surface area contributed by atoms with E-state index in [9.17, 15) is 8.78 Å². The van der Waals surface area contributed by atoms with Gasteiger partial charge < -0.3 is 14.2 Å². The predicted octanol–water partition coefficient (Wildman–Crippen LogP) is 9.12. The minimum Gasteiger partial charge on any atom is -0.490 e. The zero-order chi connectivity index (χ0) is 27.8. The second-order valence-corrected chi connectivity index (χ2v) is 10.1. The summed E-state index contributed by atoms with van der Waals surface area (Å²) < 4.78 is 75.5. The molecule has 3 nitrogen and oxygen atoms in total. The van der Waals surface area contributed by atoms with Crippen molar-refractivity contribution in [2.24, 2.45) is 0 Å². The summed E-state index contributed by atoms with van der Waals surface area (Å²) in [6, 6.07) is 12.7. The van der Waals surface area contributed by atoms with Gasteiger partial charge in [0.05, 0.1) is 12.7 Å². The Balaban J connectivity index is 1.38. The van der Waals surface area contributed by atoms with Gasteiger partial charge in [0.25, 0.3) is 0 Å². The van der Waals surface area contributed by atoms with E-state index in [0.29, 0.717) is 23.3 Å². The van der Waals surface area contributed by atoms with Crippen LogP contribution in [0, 0.1) is 23.3 Å². The molecule has 0 aliphatic heterocycles. The maximum absolute atomic E-state index is 15.1. The highest BCUT2D eigenvalue weighted by molar-refractivity contribution is 5.65. The summed E-state index contributed by atoms with van der Waals surface area (Å²) in [5.74, 6) is -4.24. The van der Waals surface area contributed by atoms with Crippen LogP contribution >= 0.6 is 0 Å². The van der Waals surface area contributed by atoms with E-state index in [1.165, 1.54) is 12.1 Å². The number of unbranched alkanes of at least 4 members (excludes halogenated alkanes) is 1. The van der Waals surface area contributed by atoms with Gasteiger partial charge in [0.1, 0.15) is 6.61 Å². The molecule has 0 aromatic heterocycles. The molecule has 1 aliphatic rings. The fourth-order valence-corrected chi connectivity index (χ4v) is 4.93. The topological polar surface area (TPSA) is 27.7 Å². The summed E-state index contributed by atoms with van der Waals surface area (Å²) >= 11 is 0. The Labute approximate surface area is 228 Å². The molecule has 3 aromatic carbocycles. The van der Waals surface area contributed by atoms with Gasteiger partial charge in [0.15, 0.2) is 23.1 Å². The van der Waals surface area contributed by atoms with Crippen LogP contribution in [0.4, 0.5) is 17.6 Å². The Bertz CT molecular complexity index is 1220. The lowest BCUT2D eigenvalue weighted by atomic mass is 9.82. The van der Waals surface area contributed by atoms with Crippen molar-refractivity contribution in [3.05, 3.63) is 82.9 Å². The molecule has 0 N–H and O–H groups in total. The molecule has 210 valence electrons. The highest BCUT2D eigenvalue weighted by atomic mass is 19.2. The maximum atomic E-state index is 15.1. The fourth-order valence-electron chi connectivity index (χ4n) is 4.93. The van der Waals surface area contributed by atoms with Crippen molar-refractivity contribution in [2.75, 3.05) is 13.2 Å². The van der Waals surface area contributed by atoms with E-state index in [4.69, 9.17) is 14.2 Å². The Morgan fingerprint density at radius 3 is 1.97 bits per heavy atom. The van der Waals surface area contributed by atoms with Crippen LogP contribution in [0.3, 0.4) is 0 Å². The Kier molecular flexibility index (Phi) is 10.3. The molecule has 4 rings (SSSR count). The monoisotopic (exact) mass is 544 g/mol. The van der Waals surface area contributed by atoms with Crippen LogP contribution in [-0.2, 0) is 11.3 Å². The van der Waals surface area contributed by atoms with Gasteiger partial charge in [0.2, 0.25) is 11.6 Å². The van der Waals surface area contributed by atoms with Crippen LogP contribution in [-0.4, -0.2) is 19.3 Å². The van der Waals surface area contributed by atoms with Gasteiger partial charge in [-0.3, -0.25) is 0 Å². The molecule has 0 amide bonds. The van der Waals surface area contributed by atoms with Gasteiger partial charge in [-0.05, 0) is 73.3 Å². The first-order chi connectivity index (χ1) is 18.9. The van der Waals surface area contributed by atoms with Crippen molar-refractivity contribution < 1.29 is 31.8 Å². The minimum atomic E-state index is -1.11. The van der Waals surface area contributed by atoms with Gasteiger partial charge in [0, 0.05) is 12.2 Å². The van der Waals surface area contributed by atoms with E-state index < -0.39 is 23.3 Å². The first kappa shape index (κ1) is 28.9. The number of rotatable bonds is 12. The average molecular weight is 545 g/mol. The predicted molar refractivity (Wildman–Crippen MR) is 144 cm³/mol. The van der Waals surface area contributed by atoms with Crippen molar-refractivity contribution >= 4 is 0 Å². The van der Waals surface area contributed by atoms with Crippen molar-refractivity contribution in [1.29, 1.82) is 0 Å². The van der Waals surface area contributed by atoms with E-state index in [0.717, 1.165) is 51.6 Å². The average Bonchev–Trinajstić information content (AvgIpc) is 2.96. The number of benzene rings is 3. The summed E-state index contributed by atoms with van der Waals surface area (Å²) in [6.45, 7) is 5.07. The van der Waals surface area contributed by atoms with Crippen LogP contribution in [0.1, 0.15) is 75.8 Å². The second-order valence-electron chi connectivity index (χ2n) is 10.1. The first-order valence-corrected chi connectivity index (χ1v) is 13.8. The standard InChI is InChI=1S/C32H36F4O3/c1-3-5-19-38-27-16-17-28(32(36)31(27)35)39-20-21-6-8-22(9-7-21)25-14-15-26(30(34)29(25)33)23-10-12-24(13-11-23)37-18-4-2/h6-9,14-17,23-24H,3-5,10-13,18-20H2,1-2H3. The number of halogens is 4. The van der Waals surface area contributed by atoms with Crippen LogP contribution < -0.4 is 9.47 Å². The molecular weight excluding hydrogens is 508 g/mol. The molecule has 1 fully saturated rings. The lowest BCUT2D eigenvalue weighted by Gasteiger charge is -2.29. The molecule has 0 radical (unpaired) electrons. The number of hydrogen-bond donors (Lipinski definition) is 0.